The van der Waals surface area contributed by atoms with Crippen LogP contribution in [0.2, 0.25) is 0 Å². The SMILES string of the molecule is COC(=O)c1cccc2c(N=O)c(O)ccc12. The Morgan fingerprint density at radius 1 is 1.24 bits per heavy atom. The number of phenols is 1. The van der Waals surface area contributed by atoms with Gasteiger partial charge in [0.2, 0.25) is 0 Å². The number of carbonyl (C=O) groups excluding carboxylic acids is 1. The number of aromatic hydroxyl groups is 1. The van der Waals surface area contributed by atoms with Crippen LogP contribution < -0.4 is 0 Å². The zero-order valence-electron chi connectivity index (χ0n) is 9.01. The molecule has 2 rings (SSSR count). The molecule has 0 bridgehead atoms. The zero-order chi connectivity index (χ0) is 12.4. The Bertz CT molecular complexity index is 607. The lowest BCUT2D eigenvalue weighted by Crippen LogP contribution is -2.01. The number of rotatable bonds is 2. The van der Waals surface area contributed by atoms with Crippen molar-refractivity contribution < 1.29 is 14.6 Å². The molecular formula is C12H9NO4. The quantitative estimate of drug-likeness (QED) is 0.636. The molecule has 0 aliphatic heterocycles. The van der Waals surface area contributed by atoms with Gasteiger partial charge in [0.25, 0.3) is 0 Å². The monoisotopic (exact) mass is 231 g/mol. The molecule has 5 nitrogen and oxygen atoms in total. The maximum atomic E-state index is 11.5. The fourth-order valence-corrected chi connectivity index (χ4v) is 1.71. The fourth-order valence-electron chi connectivity index (χ4n) is 1.71. The van der Waals surface area contributed by atoms with Crippen molar-refractivity contribution >= 4 is 22.4 Å². The molecule has 0 amide bonds. The first-order chi connectivity index (χ1) is 8.19. The molecule has 0 saturated carbocycles. The molecule has 17 heavy (non-hydrogen) atoms. The number of methoxy groups -OCH3 is 1. The van der Waals surface area contributed by atoms with Crippen molar-refractivity contribution in [2.24, 2.45) is 5.18 Å². The van der Waals surface area contributed by atoms with Crippen LogP contribution in [-0.2, 0) is 4.74 Å². The number of nitrogens with zero attached hydrogens (tertiary/aromatic N) is 1. The summed E-state index contributed by atoms with van der Waals surface area (Å²) in [4.78, 5) is 22.2. The summed E-state index contributed by atoms with van der Waals surface area (Å²) in [5.74, 6) is -0.715. The first-order valence-corrected chi connectivity index (χ1v) is 4.85. The van der Waals surface area contributed by atoms with E-state index in [0.29, 0.717) is 16.3 Å². The molecule has 0 radical (unpaired) electrons. The molecule has 5 heteroatoms. The number of hydrogen-bond donors (Lipinski definition) is 1. The van der Waals surface area contributed by atoms with Crippen molar-refractivity contribution in [3.63, 3.8) is 0 Å². The highest BCUT2D eigenvalue weighted by atomic mass is 16.5. The molecule has 0 atom stereocenters. The molecule has 0 aliphatic rings. The number of carbonyl (C=O) groups is 1. The van der Waals surface area contributed by atoms with E-state index in [1.54, 1.807) is 24.3 Å². The van der Waals surface area contributed by atoms with Gasteiger partial charge in [-0.2, -0.15) is 0 Å². The van der Waals surface area contributed by atoms with Gasteiger partial charge in [0.15, 0.2) is 5.69 Å². The summed E-state index contributed by atoms with van der Waals surface area (Å²) in [6.45, 7) is 0. The average Bonchev–Trinajstić information content (AvgIpc) is 2.37. The van der Waals surface area contributed by atoms with Crippen LogP contribution in [0.25, 0.3) is 10.8 Å². The Balaban J connectivity index is 2.83. The third-order valence-corrected chi connectivity index (χ3v) is 2.51. The first-order valence-electron chi connectivity index (χ1n) is 4.85. The van der Waals surface area contributed by atoms with Crippen molar-refractivity contribution in [2.75, 3.05) is 7.11 Å². The Kier molecular flexibility index (Phi) is 2.74. The number of esters is 1. The standard InChI is InChI=1S/C12H9NO4/c1-17-12(15)9-4-2-3-8-7(9)5-6-10(14)11(8)13-16/h2-6,14H,1H3. The van der Waals surface area contributed by atoms with Crippen LogP contribution in [0.15, 0.2) is 35.5 Å². The molecule has 0 aliphatic carbocycles. The second-order valence-corrected chi connectivity index (χ2v) is 3.42. The Hall–Kier alpha value is -2.43. The highest BCUT2D eigenvalue weighted by molar-refractivity contribution is 6.08. The highest BCUT2D eigenvalue weighted by Gasteiger charge is 2.14. The molecule has 2 aromatic carbocycles. The second kappa shape index (κ2) is 4.21. The van der Waals surface area contributed by atoms with Crippen molar-refractivity contribution in [3.05, 3.63) is 40.8 Å². The predicted molar refractivity (Wildman–Crippen MR) is 62.4 cm³/mol. The summed E-state index contributed by atoms with van der Waals surface area (Å²) < 4.78 is 4.64. The van der Waals surface area contributed by atoms with Crippen LogP contribution in [-0.4, -0.2) is 18.2 Å². The van der Waals surface area contributed by atoms with Crippen LogP contribution in [0.5, 0.6) is 5.75 Å². The van der Waals surface area contributed by atoms with Gasteiger partial charge in [0.1, 0.15) is 5.75 Å². The van der Waals surface area contributed by atoms with Crippen molar-refractivity contribution in [2.45, 2.75) is 0 Å². The Labute approximate surface area is 96.6 Å². The Morgan fingerprint density at radius 2 is 2.00 bits per heavy atom. The maximum Gasteiger partial charge on any atom is 0.338 e. The van der Waals surface area contributed by atoms with Crippen LogP contribution in [0.4, 0.5) is 5.69 Å². The van der Waals surface area contributed by atoms with Crippen molar-refractivity contribution in [3.8, 4) is 5.75 Å². The lowest BCUT2D eigenvalue weighted by atomic mass is 10.0. The van der Waals surface area contributed by atoms with E-state index in [1.807, 2.05) is 0 Å². The second-order valence-electron chi connectivity index (χ2n) is 3.42. The van der Waals surface area contributed by atoms with Gasteiger partial charge in [-0.25, -0.2) is 4.79 Å². The van der Waals surface area contributed by atoms with Gasteiger partial charge >= 0.3 is 5.97 Å². The van der Waals surface area contributed by atoms with Gasteiger partial charge < -0.3 is 9.84 Å². The van der Waals surface area contributed by atoms with Crippen molar-refractivity contribution in [1.82, 2.24) is 0 Å². The molecule has 0 fully saturated rings. The number of ether oxygens (including phenoxy) is 1. The molecule has 2 aromatic rings. The van der Waals surface area contributed by atoms with Gasteiger partial charge in [-0.05, 0) is 28.8 Å². The number of phenolic OH excluding ortho intramolecular Hbond substituents is 1. The van der Waals surface area contributed by atoms with Crippen molar-refractivity contribution in [1.29, 1.82) is 0 Å². The minimum absolute atomic E-state index is 0.0757. The number of nitroso groups, excluding NO2 is 1. The van der Waals surface area contributed by atoms with E-state index in [4.69, 9.17) is 0 Å². The van der Waals surface area contributed by atoms with Gasteiger partial charge in [-0.15, -0.1) is 4.91 Å². The molecule has 86 valence electrons. The topological polar surface area (TPSA) is 76.0 Å². The zero-order valence-corrected chi connectivity index (χ0v) is 9.01. The van der Waals surface area contributed by atoms with E-state index in [2.05, 4.69) is 9.91 Å². The molecule has 0 heterocycles. The van der Waals surface area contributed by atoms with E-state index in [-0.39, 0.29) is 11.4 Å². The highest BCUT2D eigenvalue weighted by Crippen LogP contribution is 2.36. The third kappa shape index (κ3) is 1.71. The van der Waals surface area contributed by atoms with Gasteiger partial charge in [0, 0.05) is 5.39 Å². The minimum atomic E-state index is -0.502. The number of benzene rings is 2. The largest absolute Gasteiger partial charge is 0.506 e. The number of fused-ring (bicyclic) bond motifs is 1. The first kappa shape index (κ1) is 11.1. The summed E-state index contributed by atoms with van der Waals surface area (Å²) in [6, 6.07) is 7.66. The third-order valence-electron chi connectivity index (χ3n) is 2.51. The predicted octanol–water partition coefficient (Wildman–Crippen LogP) is 2.73. The minimum Gasteiger partial charge on any atom is -0.506 e. The van der Waals surface area contributed by atoms with Crippen LogP contribution in [0.1, 0.15) is 10.4 Å². The maximum absolute atomic E-state index is 11.5. The van der Waals surface area contributed by atoms with E-state index in [0.717, 1.165) is 0 Å². The van der Waals surface area contributed by atoms with Gasteiger partial charge in [0.05, 0.1) is 12.7 Å². The van der Waals surface area contributed by atoms with E-state index < -0.39 is 5.97 Å². The molecule has 0 unspecified atom stereocenters. The number of hydrogen-bond acceptors (Lipinski definition) is 5. The lowest BCUT2D eigenvalue weighted by Gasteiger charge is -2.06. The average molecular weight is 231 g/mol. The van der Waals surface area contributed by atoms with Gasteiger partial charge in [-0.1, -0.05) is 12.1 Å². The van der Waals surface area contributed by atoms with Crippen LogP contribution in [0.3, 0.4) is 0 Å². The van der Waals surface area contributed by atoms with E-state index in [1.165, 1.54) is 13.2 Å². The van der Waals surface area contributed by atoms with Crippen LogP contribution in [0, 0.1) is 4.91 Å². The molecule has 1 N–H and O–H groups in total. The Morgan fingerprint density at radius 3 is 2.65 bits per heavy atom. The molecule has 0 aromatic heterocycles. The van der Waals surface area contributed by atoms with Gasteiger partial charge in [-0.3, -0.25) is 0 Å². The fraction of sp³-hybridized carbons (Fsp3) is 0.0833. The normalized spacial score (nSPS) is 10.2. The summed E-state index contributed by atoms with van der Waals surface area (Å²) in [5, 5.41) is 13.2. The molecule has 0 spiro atoms. The van der Waals surface area contributed by atoms with E-state index >= 15 is 0 Å². The summed E-state index contributed by atoms with van der Waals surface area (Å²) in [6.07, 6.45) is 0. The van der Waals surface area contributed by atoms with E-state index in [9.17, 15) is 14.8 Å². The molecular weight excluding hydrogens is 222 g/mol. The summed E-state index contributed by atoms with van der Waals surface area (Å²) in [5.41, 5.74) is 0.253. The smallest absolute Gasteiger partial charge is 0.338 e. The molecule has 0 saturated heterocycles. The lowest BCUT2D eigenvalue weighted by molar-refractivity contribution is 0.0603. The summed E-state index contributed by atoms with van der Waals surface area (Å²) >= 11 is 0. The van der Waals surface area contributed by atoms with Crippen LogP contribution >= 0.6 is 0 Å². The summed E-state index contributed by atoms with van der Waals surface area (Å²) in [7, 11) is 1.28.